The Morgan fingerprint density at radius 2 is 1.60 bits per heavy atom. The predicted molar refractivity (Wildman–Crippen MR) is 115 cm³/mol. The van der Waals surface area contributed by atoms with Gasteiger partial charge in [-0.15, -0.1) is 0 Å². The fraction of sp³-hybridized carbons (Fsp3) is 0.409. The molecule has 1 amide bonds. The molecule has 7 nitrogen and oxygen atoms in total. The van der Waals surface area contributed by atoms with Crippen molar-refractivity contribution in [1.29, 1.82) is 0 Å². The molecule has 0 atom stereocenters. The summed E-state index contributed by atoms with van der Waals surface area (Å²) in [4.78, 5) is 17.3. The molecule has 8 heteroatoms. The minimum absolute atomic E-state index is 0.127. The number of benzene rings is 2. The first-order valence-corrected chi connectivity index (χ1v) is 11.7. The van der Waals surface area contributed by atoms with E-state index in [-0.39, 0.29) is 10.8 Å². The highest BCUT2D eigenvalue weighted by Crippen LogP contribution is 2.21. The van der Waals surface area contributed by atoms with E-state index in [9.17, 15) is 13.2 Å². The van der Waals surface area contributed by atoms with E-state index in [0.29, 0.717) is 45.0 Å². The predicted octanol–water partition coefficient (Wildman–Crippen LogP) is 1.98. The zero-order valence-electron chi connectivity index (χ0n) is 17.2. The third-order valence-electron chi connectivity index (χ3n) is 5.62. The lowest BCUT2D eigenvalue weighted by atomic mass is 10.1. The zero-order chi connectivity index (χ0) is 21.1. The Morgan fingerprint density at radius 1 is 0.900 bits per heavy atom. The first-order valence-electron chi connectivity index (χ1n) is 10.2. The van der Waals surface area contributed by atoms with Gasteiger partial charge in [0.05, 0.1) is 18.1 Å². The van der Waals surface area contributed by atoms with Crippen molar-refractivity contribution in [3.05, 3.63) is 59.7 Å². The highest BCUT2D eigenvalue weighted by atomic mass is 32.2. The molecule has 2 aliphatic heterocycles. The molecule has 0 bridgehead atoms. The second-order valence-corrected chi connectivity index (χ2v) is 9.60. The van der Waals surface area contributed by atoms with Crippen LogP contribution in [0, 0.1) is 6.92 Å². The second kappa shape index (κ2) is 8.75. The quantitative estimate of drug-likeness (QED) is 0.743. The molecule has 0 aliphatic carbocycles. The standard InChI is InChI=1S/C22H27N3O4S/c1-18-4-2-6-20(16-18)23-8-10-24(11-9-23)22(26)19-5-3-7-21(17-19)30(27,28)25-12-14-29-15-13-25/h2-7,16-17H,8-15H2,1H3. The Hall–Kier alpha value is -2.42. The average Bonchev–Trinajstić information content (AvgIpc) is 2.79. The summed E-state index contributed by atoms with van der Waals surface area (Å²) < 4.78 is 32.5. The molecule has 0 spiro atoms. The van der Waals surface area contributed by atoms with Crippen molar-refractivity contribution in [2.45, 2.75) is 11.8 Å². The van der Waals surface area contributed by atoms with Gasteiger partial charge in [0.1, 0.15) is 0 Å². The molecule has 30 heavy (non-hydrogen) atoms. The normalized spacial score (nSPS) is 18.4. The number of sulfonamides is 1. The lowest BCUT2D eigenvalue weighted by Crippen LogP contribution is -2.48. The molecule has 0 aromatic heterocycles. The number of carbonyl (C=O) groups is 1. The Labute approximate surface area is 177 Å². The summed E-state index contributed by atoms with van der Waals surface area (Å²) in [6, 6.07) is 14.7. The smallest absolute Gasteiger partial charge is 0.254 e. The Balaban J connectivity index is 1.45. The van der Waals surface area contributed by atoms with Gasteiger partial charge in [0.15, 0.2) is 0 Å². The largest absolute Gasteiger partial charge is 0.379 e. The number of nitrogens with zero attached hydrogens (tertiary/aromatic N) is 3. The monoisotopic (exact) mass is 429 g/mol. The fourth-order valence-corrected chi connectivity index (χ4v) is 5.35. The van der Waals surface area contributed by atoms with Crippen molar-refractivity contribution in [1.82, 2.24) is 9.21 Å². The van der Waals surface area contributed by atoms with E-state index in [4.69, 9.17) is 4.74 Å². The van der Waals surface area contributed by atoms with E-state index in [1.54, 1.807) is 23.1 Å². The Kier molecular flexibility index (Phi) is 6.08. The van der Waals surface area contributed by atoms with Crippen molar-refractivity contribution in [3.63, 3.8) is 0 Å². The molecular formula is C22H27N3O4S. The molecule has 2 saturated heterocycles. The first kappa shape index (κ1) is 20.8. The second-order valence-electron chi connectivity index (χ2n) is 7.66. The van der Waals surface area contributed by atoms with Gasteiger partial charge in [-0.1, -0.05) is 18.2 Å². The van der Waals surface area contributed by atoms with Gasteiger partial charge < -0.3 is 14.5 Å². The molecule has 4 rings (SSSR count). The number of hydrogen-bond donors (Lipinski definition) is 0. The minimum atomic E-state index is -3.62. The maximum Gasteiger partial charge on any atom is 0.254 e. The summed E-state index contributed by atoms with van der Waals surface area (Å²) in [5.74, 6) is -0.127. The van der Waals surface area contributed by atoms with Crippen LogP contribution in [0.3, 0.4) is 0 Å². The Bertz CT molecular complexity index is 1010. The number of morpholine rings is 1. The maximum atomic E-state index is 13.0. The molecule has 2 aliphatic rings. The summed E-state index contributed by atoms with van der Waals surface area (Å²) >= 11 is 0. The van der Waals surface area contributed by atoms with Gasteiger partial charge in [-0.05, 0) is 42.8 Å². The van der Waals surface area contributed by atoms with E-state index in [2.05, 4.69) is 30.0 Å². The van der Waals surface area contributed by atoms with Crippen LogP contribution in [0.2, 0.25) is 0 Å². The van der Waals surface area contributed by atoms with Gasteiger partial charge in [-0.3, -0.25) is 4.79 Å². The van der Waals surface area contributed by atoms with Crippen LogP contribution in [-0.4, -0.2) is 76.0 Å². The van der Waals surface area contributed by atoms with Crippen LogP contribution in [0.25, 0.3) is 0 Å². The van der Waals surface area contributed by atoms with Gasteiger partial charge in [0.25, 0.3) is 5.91 Å². The number of hydrogen-bond acceptors (Lipinski definition) is 5. The van der Waals surface area contributed by atoms with Gasteiger partial charge >= 0.3 is 0 Å². The number of amides is 1. The lowest BCUT2D eigenvalue weighted by Gasteiger charge is -2.36. The summed E-state index contributed by atoms with van der Waals surface area (Å²) in [5, 5.41) is 0. The van der Waals surface area contributed by atoms with Crippen molar-refractivity contribution >= 4 is 21.6 Å². The number of rotatable bonds is 4. The summed E-state index contributed by atoms with van der Waals surface area (Å²) in [6.45, 7) is 6.23. The number of ether oxygens (including phenoxy) is 1. The number of anilines is 1. The number of carbonyl (C=O) groups excluding carboxylic acids is 1. The van der Waals surface area contributed by atoms with Crippen LogP contribution in [0.1, 0.15) is 15.9 Å². The summed E-state index contributed by atoms with van der Waals surface area (Å²) in [7, 11) is -3.62. The van der Waals surface area contributed by atoms with Crippen LogP contribution >= 0.6 is 0 Å². The van der Waals surface area contributed by atoms with E-state index in [0.717, 1.165) is 13.1 Å². The molecular weight excluding hydrogens is 402 g/mol. The molecule has 0 N–H and O–H groups in total. The molecule has 0 saturated carbocycles. The minimum Gasteiger partial charge on any atom is -0.379 e. The first-order chi connectivity index (χ1) is 14.4. The number of piperazine rings is 1. The average molecular weight is 430 g/mol. The molecule has 0 radical (unpaired) electrons. The van der Waals surface area contributed by atoms with Gasteiger partial charge in [0.2, 0.25) is 10.0 Å². The molecule has 2 heterocycles. The van der Waals surface area contributed by atoms with Gasteiger partial charge in [-0.25, -0.2) is 8.42 Å². The van der Waals surface area contributed by atoms with Gasteiger partial charge in [-0.2, -0.15) is 4.31 Å². The fourth-order valence-electron chi connectivity index (χ4n) is 3.90. The Morgan fingerprint density at radius 3 is 2.30 bits per heavy atom. The lowest BCUT2D eigenvalue weighted by molar-refractivity contribution is 0.0729. The SMILES string of the molecule is Cc1cccc(N2CCN(C(=O)c3cccc(S(=O)(=O)N4CCOCC4)c3)CC2)c1. The van der Waals surface area contributed by atoms with Gasteiger partial charge in [0, 0.05) is 50.5 Å². The van der Waals surface area contributed by atoms with E-state index in [1.807, 2.05) is 6.07 Å². The molecule has 2 fully saturated rings. The third kappa shape index (κ3) is 4.35. The van der Waals surface area contributed by atoms with E-state index < -0.39 is 10.0 Å². The third-order valence-corrected chi connectivity index (χ3v) is 7.52. The van der Waals surface area contributed by atoms with Crippen molar-refractivity contribution in [2.24, 2.45) is 0 Å². The van der Waals surface area contributed by atoms with Crippen LogP contribution in [0.15, 0.2) is 53.4 Å². The van der Waals surface area contributed by atoms with Crippen molar-refractivity contribution in [2.75, 3.05) is 57.4 Å². The van der Waals surface area contributed by atoms with Crippen LogP contribution in [0.4, 0.5) is 5.69 Å². The maximum absolute atomic E-state index is 13.0. The molecule has 0 unspecified atom stereocenters. The highest BCUT2D eigenvalue weighted by Gasteiger charge is 2.28. The highest BCUT2D eigenvalue weighted by molar-refractivity contribution is 7.89. The van der Waals surface area contributed by atoms with Crippen LogP contribution in [-0.2, 0) is 14.8 Å². The van der Waals surface area contributed by atoms with Crippen molar-refractivity contribution in [3.8, 4) is 0 Å². The summed E-state index contributed by atoms with van der Waals surface area (Å²) in [6.07, 6.45) is 0. The van der Waals surface area contributed by atoms with E-state index in [1.165, 1.54) is 21.6 Å². The van der Waals surface area contributed by atoms with E-state index >= 15 is 0 Å². The van der Waals surface area contributed by atoms with Crippen LogP contribution in [0.5, 0.6) is 0 Å². The van der Waals surface area contributed by atoms with Crippen LogP contribution < -0.4 is 4.90 Å². The zero-order valence-corrected chi connectivity index (χ0v) is 18.0. The molecule has 2 aromatic carbocycles. The molecule has 160 valence electrons. The van der Waals surface area contributed by atoms with Crippen molar-refractivity contribution < 1.29 is 17.9 Å². The molecule has 2 aromatic rings. The summed E-state index contributed by atoms with van der Waals surface area (Å²) in [5.41, 5.74) is 2.79. The topological polar surface area (TPSA) is 70.2 Å². The number of aryl methyl sites for hydroxylation is 1.